The molecule has 8 nitrogen and oxygen atoms in total. The second-order valence-electron chi connectivity index (χ2n) is 8.46. The van der Waals surface area contributed by atoms with E-state index in [9.17, 15) is 13.2 Å². The zero-order valence-electron chi connectivity index (χ0n) is 18.5. The Morgan fingerprint density at radius 3 is 2.27 bits per heavy atom. The number of nitrogens with zero attached hydrogens (tertiary/aromatic N) is 2. The fourth-order valence-corrected chi connectivity index (χ4v) is 4.68. The average molecular weight is 438 g/mol. The molecule has 1 saturated heterocycles. The molecule has 1 aliphatic heterocycles. The first-order valence-electron chi connectivity index (χ1n) is 10.5. The molecular weight excluding hydrogens is 402 g/mol. The van der Waals surface area contributed by atoms with E-state index in [4.69, 9.17) is 0 Å². The Morgan fingerprint density at radius 1 is 1.07 bits per heavy atom. The van der Waals surface area contributed by atoms with Gasteiger partial charge >= 0.3 is 0 Å². The van der Waals surface area contributed by atoms with Gasteiger partial charge in [-0.25, -0.2) is 13.4 Å². The summed E-state index contributed by atoms with van der Waals surface area (Å²) < 4.78 is 27.0. The molecule has 1 aliphatic rings. The molecule has 1 amide bonds. The van der Waals surface area contributed by atoms with Crippen LogP contribution in [0.2, 0.25) is 0 Å². The summed E-state index contributed by atoms with van der Waals surface area (Å²) in [5.74, 6) is 0.423. The van der Waals surface area contributed by atoms with Crippen molar-refractivity contribution in [3.8, 4) is 0 Å². The van der Waals surface area contributed by atoms with Crippen LogP contribution in [0, 0.1) is 0 Å². The van der Waals surface area contributed by atoms with E-state index in [0.717, 1.165) is 24.8 Å². The molecule has 9 heteroatoms. The summed E-state index contributed by atoms with van der Waals surface area (Å²) in [4.78, 5) is 16.8. The largest absolute Gasteiger partial charge is 0.357 e. The summed E-state index contributed by atoms with van der Waals surface area (Å²) in [5.41, 5.74) is 0.605. The molecule has 1 fully saturated rings. The van der Waals surface area contributed by atoms with Crippen molar-refractivity contribution in [2.75, 3.05) is 26.2 Å². The number of nitrogens with one attached hydrogen (secondary N) is 3. The van der Waals surface area contributed by atoms with Crippen LogP contribution >= 0.6 is 0 Å². The summed E-state index contributed by atoms with van der Waals surface area (Å²) in [6.45, 7) is 10.1. The summed E-state index contributed by atoms with van der Waals surface area (Å²) in [7, 11) is -3.42. The number of carbonyl (C=O) groups is 1. The second kappa shape index (κ2) is 10.8. The van der Waals surface area contributed by atoms with Crippen LogP contribution in [0.15, 0.2) is 34.2 Å². The lowest BCUT2D eigenvalue weighted by Gasteiger charge is -2.25. The van der Waals surface area contributed by atoms with Gasteiger partial charge in [0.05, 0.1) is 18.0 Å². The van der Waals surface area contributed by atoms with Gasteiger partial charge in [0, 0.05) is 25.2 Å². The quantitative estimate of drug-likeness (QED) is 0.446. The summed E-state index contributed by atoms with van der Waals surface area (Å²) in [5, 5.41) is 9.01. The van der Waals surface area contributed by atoms with Gasteiger partial charge < -0.3 is 16.0 Å². The molecule has 0 saturated carbocycles. The Hall–Kier alpha value is -2.13. The summed E-state index contributed by atoms with van der Waals surface area (Å²) in [6.07, 6.45) is 2.92. The van der Waals surface area contributed by atoms with Crippen molar-refractivity contribution in [2.24, 2.45) is 4.99 Å². The molecule has 0 radical (unpaired) electrons. The molecule has 3 N–H and O–H groups in total. The van der Waals surface area contributed by atoms with E-state index in [-0.39, 0.29) is 18.0 Å². The normalized spacial score (nSPS) is 16.2. The van der Waals surface area contributed by atoms with Crippen LogP contribution in [0.3, 0.4) is 0 Å². The van der Waals surface area contributed by atoms with Gasteiger partial charge in [-0.2, -0.15) is 4.31 Å². The van der Waals surface area contributed by atoms with Crippen molar-refractivity contribution in [1.29, 1.82) is 0 Å². The predicted octanol–water partition coefficient (Wildman–Crippen LogP) is 1.83. The molecule has 0 aromatic heterocycles. The lowest BCUT2D eigenvalue weighted by Crippen LogP contribution is -2.48. The summed E-state index contributed by atoms with van der Waals surface area (Å²) in [6, 6.07) is 6.87. The molecule has 0 bridgehead atoms. The number of carbonyl (C=O) groups excluding carboxylic acids is 1. The molecule has 2 rings (SSSR count). The first-order valence-corrected chi connectivity index (χ1v) is 12.0. The van der Waals surface area contributed by atoms with Crippen molar-refractivity contribution in [3.63, 3.8) is 0 Å². The molecular formula is C21H35N5O3S. The third kappa shape index (κ3) is 7.60. The number of hydrogen-bond donors (Lipinski definition) is 3. The monoisotopic (exact) mass is 437 g/mol. The molecule has 1 aromatic carbocycles. The smallest absolute Gasteiger partial charge is 0.243 e. The minimum absolute atomic E-state index is 0.111. The first kappa shape index (κ1) is 24.1. The fourth-order valence-electron chi connectivity index (χ4n) is 3.16. The molecule has 0 aliphatic carbocycles. The van der Waals surface area contributed by atoms with Crippen LogP contribution in [0.5, 0.6) is 0 Å². The topological polar surface area (TPSA) is 103 Å². The molecule has 0 unspecified atom stereocenters. The molecule has 0 spiro atoms. The van der Waals surface area contributed by atoms with Gasteiger partial charge in [-0.3, -0.25) is 4.79 Å². The highest BCUT2D eigenvalue weighted by atomic mass is 32.2. The average Bonchev–Trinajstić information content (AvgIpc) is 2.70. The Balaban J connectivity index is 1.98. The van der Waals surface area contributed by atoms with E-state index in [2.05, 4.69) is 20.9 Å². The minimum atomic E-state index is -3.42. The van der Waals surface area contributed by atoms with Crippen molar-refractivity contribution >= 4 is 21.9 Å². The van der Waals surface area contributed by atoms with Gasteiger partial charge in [0.1, 0.15) is 0 Å². The predicted molar refractivity (Wildman–Crippen MR) is 120 cm³/mol. The maximum absolute atomic E-state index is 12.7. The van der Waals surface area contributed by atoms with Gasteiger partial charge in [0.25, 0.3) is 0 Å². The fraction of sp³-hybridized carbons (Fsp3) is 0.619. The van der Waals surface area contributed by atoms with Crippen LogP contribution in [0.1, 0.15) is 52.5 Å². The van der Waals surface area contributed by atoms with E-state index in [1.54, 1.807) is 28.6 Å². The van der Waals surface area contributed by atoms with Crippen molar-refractivity contribution in [3.05, 3.63) is 29.8 Å². The molecule has 1 heterocycles. The van der Waals surface area contributed by atoms with Crippen LogP contribution in [0.25, 0.3) is 0 Å². The molecule has 1 aromatic rings. The van der Waals surface area contributed by atoms with E-state index in [0.29, 0.717) is 37.0 Å². The number of piperidine rings is 1. The minimum Gasteiger partial charge on any atom is -0.357 e. The van der Waals surface area contributed by atoms with Gasteiger partial charge in [0.15, 0.2) is 5.96 Å². The Morgan fingerprint density at radius 2 is 1.70 bits per heavy atom. The number of benzene rings is 1. The zero-order valence-corrected chi connectivity index (χ0v) is 19.3. The Kier molecular flexibility index (Phi) is 8.66. The van der Waals surface area contributed by atoms with Crippen molar-refractivity contribution < 1.29 is 13.2 Å². The van der Waals surface area contributed by atoms with Crippen molar-refractivity contribution in [1.82, 2.24) is 20.3 Å². The van der Waals surface area contributed by atoms with E-state index < -0.39 is 10.0 Å². The van der Waals surface area contributed by atoms with Gasteiger partial charge in [-0.05, 0) is 58.2 Å². The highest BCUT2D eigenvalue weighted by Gasteiger charge is 2.25. The summed E-state index contributed by atoms with van der Waals surface area (Å²) >= 11 is 0. The van der Waals surface area contributed by atoms with E-state index in [1.807, 2.05) is 27.7 Å². The highest BCUT2D eigenvalue weighted by molar-refractivity contribution is 7.89. The Labute approximate surface area is 180 Å². The second-order valence-corrected chi connectivity index (χ2v) is 10.4. The van der Waals surface area contributed by atoms with E-state index in [1.165, 1.54) is 0 Å². The van der Waals surface area contributed by atoms with Crippen LogP contribution in [-0.4, -0.2) is 56.3 Å². The van der Waals surface area contributed by atoms with Crippen LogP contribution in [0.4, 0.5) is 0 Å². The lowest BCUT2D eigenvalue weighted by molar-refractivity contribution is -0.121. The maximum Gasteiger partial charge on any atom is 0.243 e. The number of hydrogen-bond acceptors (Lipinski definition) is 4. The number of amides is 1. The maximum atomic E-state index is 12.7. The highest BCUT2D eigenvalue weighted by Crippen LogP contribution is 2.21. The standard InChI is InChI=1S/C21H35N5O3S/c1-5-22-20(24-16-19(27)25-21(2,3)4)23-15-17-9-11-18(12-10-17)30(28,29)26-13-7-6-8-14-26/h9-12H,5-8,13-16H2,1-4H3,(H,25,27)(H2,22,23,24). The SMILES string of the molecule is CCNC(=NCc1ccc(S(=O)(=O)N2CCCCC2)cc1)NCC(=O)NC(C)(C)C. The molecule has 30 heavy (non-hydrogen) atoms. The number of aliphatic imine (C=N–C) groups is 1. The van der Waals surface area contributed by atoms with E-state index >= 15 is 0 Å². The zero-order chi connectivity index (χ0) is 22.2. The molecule has 0 atom stereocenters. The van der Waals surface area contributed by atoms with Gasteiger partial charge in [-0.15, -0.1) is 0 Å². The first-order chi connectivity index (χ1) is 14.1. The third-order valence-electron chi connectivity index (χ3n) is 4.57. The van der Waals surface area contributed by atoms with Crippen molar-refractivity contribution in [2.45, 2.75) is 63.9 Å². The van der Waals surface area contributed by atoms with Gasteiger partial charge in [0.2, 0.25) is 15.9 Å². The number of sulfonamides is 1. The third-order valence-corrected chi connectivity index (χ3v) is 6.48. The van der Waals surface area contributed by atoms with Crippen LogP contribution < -0.4 is 16.0 Å². The Bertz CT molecular complexity index is 823. The number of guanidine groups is 1. The van der Waals surface area contributed by atoms with Gasteiger partial charge in [-0.1, -0.05) is 18.6 Å². The van der Waals surface area contributed by atoms with Crippen LogP contribution in [-0.2, 0) is 21.4 Å². The number of rotatable bonds is 7. The lowest BCUT2D eigenvalue weighted by atomic mass is 10.1. The molecule has 168 valence electrons.